The molecule has 6 nitrogen and oxygen atoms in total. The van der Waals surface area contributed by atoms with Crippen LogP contribution < -0.4 is 0 Å². The number of hydrogen-bond donors (Lipinski definition) is 2. The van der Waals surface area contributed by atoms with Gasteiger partial charge in [-0.15, -0.1) is 5.10 Å². The molecule has 1 unspecified atom stereocenters. The maximum Gasteiger partial charge on any atom is 0.200 e. The van der Waals surface area contributed by atoms with Gasteiger partial charge in [0.15, 0.2) is 0 Å². The van der Waals surface area contributed by atoms with E-state index in [-0.39, 0.29) is 5.82 Å². The van der Waals surface area contributed by atoms with Gasteiger partial charge in [0.1, 0.15) is 11.5 Å². The Hall–Kier alpha value is -3.61. The predicted molar refractivity (Wildman–Crippen MR) is 98.1 cm³/mol. The Morgan fingerprint density at radius 3 is 2.59 bits per heavy atom. The maximum absolute atomic E-state index is 14.0. The number of fused-ring (bicyclic) bond motifs is 1. The summed E-state index contributed by atoms with van der Waals surface area (Å²) in [4.78, 5) is 0. The number of allylic oxidation sites excluding steroid dienone is 1. The van der Waals surface area contributed by atoms with Gasteiger partial charge in [0, 0.05) is 23.1 Å². The number of aromatic nitrogens is 6. The SMILES string of the molecule is Fc1cccc(C2(c3ccccc3)C=Cc3c(-c4nnn[nH]4)n[nH]c3C2)c1. The smallest absolute Gasteiger partial charge is 0.200 e. The van der Waals surface area contributed by atoms with E-state index < -0.39 is 5.41 Å². The number of H-pyrrole nitrogens is 2. The van der Waals surface area contributed by atoms with Crippen molar-refractivity contribution < 1.29 is 4.39 Å². The van der Waals surface area contributed by atoms with Crippen molar-refractivity contribution in [3.05, 3.63) is 88.9 Å². The molecule has 0 fully saturated rings. The number of rotatable bonds is 3. The van der Waals surface area contributed by atoms with E-state index in [1.54, 1.807) is 12.1 Å². The molecule has 5 rings (SSSR count). The monoisotopic (exact) mass is 358 g/mol. The topological polar surface area (TPSA) is 83.1 Å². The van der Waals surface area contributed by atoms with E-state index in [1.807, 2.05) is 30.3 Å². The van der Waals surface area contributed by atoms with Crippen molar-refractivity contribution in [2.45, 2.75) is 11.8 Å². The quantitative estimate of drug-likeness (QED) is 0.589. The summed E-state index contributed by atoms with van der Waals surface area (Å²) in [5, 5.41) is 21.4. The molecule has 2 aromatic heterocycles. The second-order valence-corrected chi connectivity index (χ2v) is 6.57. The van der Waals surface area contributed by atoms with Crippen LogP contribution in [0.5, 0.6) is 0 Å². The summed E-state index contributed by atoms with van der Waals surface area (Å²) in [5.74, 6) is 0.259. The van der Waals surface area contributed by atoms with Crippen molar-refractivity contribution in [2.75, 3.05) is 0 Å². The molecule has 1 atom stereocenters. The van der Waals surface area contributed by atoms with Crippen LogP contribution in [0.1, 0.15) is 22.4 Å². The summed E-state index contributed by atoms with van der Waals surface area (Å²) in [6, 6.07) is 16.9. The molecule has 2 heterocycles. The Balaban J connectivity index is 1.68. The minimum absolute atomic E-state index is 0.250. The number of aromatic amines is 2. The molecule has 2 aromatic carbocycles. The molecule has 0 amide bonds. The number of nitrogens with one attached hydrogen (secondary N) is 2. The van der Waals surface area contributed by atoms with E-state index in [0.717, 1.165) is 22.4 Å². The van der Waals surface area contributed by atoms with Crippen molar-refractivity contribution in [3.8, 4) is 11.5 Å². The van der Waals surface area contributed by atoms with Crippen LogP contribution in [0.25, 0.3) is 17.6 Å². The van der Waals surface area contributed by atoms with Crippen LogP contribution in [0.2, 0.25) is 0 Å². The van der Waals surface area contributed by atoms with Gasteiger partial charge in [0.25, 0.3) is 0 Å². The first-order valence-electron chi connectivity index (χ1n) is 8.58. The third kappa shape index (κ3) is 2.47. The zero-order valence-electron chi connectivity index (χ0n) is 14.2. The van der Waals surface area contributed by atoms with Gasteiger partial charge in [-0.05, 0) is 33.7 Å². The molecule has 0 bridgehead atoms. The lowest BCUT2D eigenvalue weighted by molar-refractivity contribution is 0.594. The van der Waals surface area contributed by atoms with Gasteiger partial charge in [0.05, 0.1) is 0 Å². The minimum Gasteiger partial charge on any atom is -0.281 e. The average Bonchev–Trinajstić information content (AvgIpc) is 3.37. The molecule has 4 aromatic rings. The van der Waals surface area contributed by atoms with Crippen molar-refractivity contribution in [3.63, 3.8) is 0 Å². The number of halogens is 1. The second-order valence-electron chi connectivity index (χ2n) is 6.57. The fourth-order valence-corrected chi connectivity index (χ4v) is 3.77. The molecule has 0 saturated carbocycles. The van der Waals surface area contributed by atoms with Crippen molar-refractivity contribution in [1.82, 2.24) is 30.8 Å². The molecule has 0 spiro atoms. The molecule has 0 saturated heterocycles. The van der Waals surface area contributed by atoms with Gasteiger partial charge < -0.3 is 0 Å². The fraction of sp³-hybridized carbons (Fsp3) is 0.100. The van der Waals surface area contributed by atoms with Gasteiger partial charge in [0.2, 0.25) is 5.82 Å². The van der Waals surface area contributed by atoms with Crippen LogP contribution in [0.3, 0.4) is 0 Å². The van der Waals surface area contributed by atoms with Gasteiger partial charge in [-0.25, -0.2) is 9.49 Å². The average molecular weight is 358 g/mol. The lowest BCUT2D eigenvalue weighted by atomic mass is 9.68. The van der Waals surface area contributed by atoms with Crippen LogP contribution in [-0.2, 0) is 11.8 Å². The molecule has 2 N–H and O–H groups in total. The Labute approximate surface area is 154 Å². The highest BCUT2D eigenvalue weighted by Gasteiger charge is 2.37. The maximum atomic E-state index is 14.0. The highest BCUT2D eigenvalue weighted by atomic mass is 19.1. The molecule has 132 valence electrons. The first kappa shape index (κ1) is 15.6. The van der Waals surface area contributed by atoms with E-state index in [0.29, 0.717) is 17.9 Å². The van der Waals surface area contributed by atoms with E-state index in [9.17, 15) is 4.39 Å². The summed E-state index contributed by atoms with van der Waals surface area (Å²) in [7, 11) is 0. The Morgan fingerprint density at radius 1 is 0.963 bits per heavy atom. The zero-order valence-corrected chi connectivity index (χ0v) is 14.2. The standard InChI is InChI=1S/C20H15FN6/c21-15-8-4-7-14(11-15)20(13-5-2-1-3-6-13)10-9-16-17(12-20)22-23-18(16)19-24-26-27-25-19/h1-11H,12H2,(H,22,23)(H,24,25,26,27). The van der Waals surface area contributed by atoms with E-state index >= 15 is 0 Å². The second kappa shape index (κ2) is 5.98. The largest absolute Gasteiger partial charge is 0.281 e. The van der Waals surface area contributed by atoms with Crippen LogP contribution >= 0.6 is 0 Å². The summed E-state index contributed by atoms with van der Waals surface area (Å²) < 4.78 is 14.0. The molecule has 7 heteroatoms. The molecule has 0 aliphatic heterocycles. The highest BCUT2D eigenvalue weighted by molar-refractivity contribution is 5.73. The predicted octanol–water partition coefficient (Wildman–Crippen LogP) is 3.28. The van der Waals surface area contributed by atoms with Crippen LogP contribution in [0.4, 0.5) is 4.39 Å². The fourth-order valence-electron chi connectivity index (χ4n) is 3.77. The Kier molecular flexibility index (Phi) is 3.46. The van der Waals surface area contributed by atoms with Gasteiger partial charge >= 0.3 is 0 Å². The van der Waals surface area contributed by atoms with Gasteiger partial charge in [-0.2, -0.15) is 5.10 Å². The molecule has 27 heavy (non-hydrogen) atoms. The van der Waals surface area contributed by atoms with Crippen LogP contribution in [-0.4, -0.2) is 30.8 Å². The zero-order chi connectivity index (χ0) is 18.3. The van der Waals surface area contributed by atoms with Gasteiger partial charge in [-0.1, -0.05) is 54.6 Å². The third-order valence-electron chi connectivity index (χ3n) is 5.07. The van der Waals surface area contributed by atoms with Crippen LogP contribution in [0.15, 0.2) is 60.7 Å². The number of nitrogens with zero attached hydrogens (tertiary/aromatic N) is 4. The first-order valence-corrected chi connectivity index (χ1v) is 8.58. The van der Waals surface area contributed by atoms with E-state index in [4.69, 9.17) is 0 Å². The number of benzene rings is 2. The van der Waals surface area contributed by atoms with Crippen molar-refractivity contribution in [2.24, 2.45) is 0 Å². The molecule has 1 aliphatic rings. The Bertz CT molecular complexity index is 1120. The molecule has 0 radical (unpaired) electrons. The van der Waals surface area contributed by atoms with Crippen molar-refractivity contribution in [1.29, 1.82) is 0 Å². The van der Waals surface area contributed by atoms with E-state index in [1.165, 1.54) is 6.07 Å². The summed E-state index contributed by atoms with van der Waals surface area (Å²) in [6.07, 6.45) is 4.75. The number of hydrogen-bond acceptors (Lipinski definition) is 4. The third-order valence-corrected chi connectivity index (χ3v) is 5.07. The first-order chi connectivity index (χ1) is 13.3. The van der Waals surface area contributed by atoms with Gasteiger partial charge in [-0.3, -0.25) is 5.10 Å². The summed E-state index contributed by atoms with van der Waals surface area (Å²) >= 11 is 0. The molecular formula is C20H15FN6. The molecule has 1 aliphatic carbocycles. The number of tetrazole rings is 1. The normalized spacial score (nSPS) is 18.4. The molecular weight excluding hydrogens is 343 g/mol. The summed E-state index contributed by atoms with van der Waals surface area (Å²) in [5.41, 5.74) is 4.07. The lowest BCUT2D eigenvalue weighted by Crippen LogP contribution is -2.30. The minimum atomic E-state index is -0.486. The van der Waals surface area contributed by atoms with E-state index in [2.05, 4.69) is 49.0 Å². The summed E-state index contributed by atoms with van der Waals surface area (Å²) in [6.45, 7) is 0. The Morgan fingerprint density at radius 2 is 1.81 bits per heavy atom. The highest BCUT2D eigenvalue weighted by Crippen LogP contribution is 2.42. The van der Waals surface area contributed by atoms with Crippen LogP contribution in [0, 0.1) is 5.82 Å². The lowest BCUT2D eigenvalue weighted by Gasteiger charge is -2.34. The van der Waals surface area contributed by atoms with Crippen molar-refractivity contribution >= 4 is 6.08 Å².